The SMILES string of the molecule is CC(=O)c1nnc(Cl)cc1F. The van der Waals surface area contributed by atoms with Crippen LogP contribution in [0, 0.1) is 5.82 Å². The summed E-state index contributed by atoms with van der Waals surface area (Å²) in [6.45, 7) is 1.21. The minimum absolute atomic E-state index is 0.0625. The van der Waals surface area contributed by atoms with E-state index in [0.29, 0.717) is 0 Å². The molecular weight excluding hydrogens is 171 g/mol. The maximum Gasteiger partial charge on any atom is 0.183 e. The number of Topliss-reactive ketones (excluding diaryl/α,β-unsaturated/α-hetero) is 1. The van der Waals surface area contributed by atoms with E-state index < -0.39 is 11.6 Å². The molecule has 3 nitrogen and oxygen atoms in total. The van der Waals surface area contributed by atoms with Gasteiger partial charge in [0.05, 0.1) is 0 Å². The fourth-order valence-corrected chi connectivity index (χ4v) is 0.719. The fourth-order valence-electron chi connectivity index (χ4n) is 0.586. The molecule has 0 N–H and O–H groups in total. The average molecular weight is 175 g/mol. The first-order valence-corrected chi connectivity index (χ1v) is 3.18. The van der Waals surface area contributed by atoms with Crippen LogP contribution in [0.1, 0.15) is 17.4 Å². The molecule has 0 saturated heterocycles. The number of aromatic nitrogens is 2. The first-order chi connectivity index (χ1) is 5.11. The van der Waals surface area contributed by atoms with Crippen LogP contribution < -0.4 is 0 Å². The zero-order chi connectivity index (χ0) is 8.43. The van der Waals surface area contributed by atoms with Crippen LogP contribution in [0.5, 0.6) is 0 Å². The van der Waals surface area contributed by atoms with E-state index in [1.165, 1.54) is 6.92 Å². The van der Waals surface area contributed by atoms with E-state index in [0.717, 1.165) is 6.07 Å². The molecule has 0 spiro atoms. The minimum Gasteiger partial charge on any atom is -0.293 e. The molecule has 0 aliphatic heterocycles. The number of ketones is 1. The Morgan fingerprint density at radius 3 is 2.73 bits per heavy atom. The predicted octanol–water partition coefficient (Wildman–Crippen LogP) is 1.47. The summed E-state index contributed by atoms with van der Waals surface area (Å²) in [5.74, 6) is -1.20. The summed E-state index contributed by atoms with van der Waals surface area (Å²) in [6, 6.07) is 0.950. The standard InChI is InChI=1S/C6H4ClFN2O/c1-3(11)6-4(8)2-5(7)9-10-6/h2H,1H3. The maximum absolute atomic E-state index is 12.7. The molecule has 0 aliphatic carbocycles. The molecule has 0 saturated carbocycles. The van der Waals surface area contributed by atoms with Gasteiger partial charge in [-0.05, 0) is 0 Å². The van der Waals surface area contributed by atoms with Gasteiger partial charge in [-0.25, -0.2) is 4.39 Å². The molecule has 0 fully saturated rings. The summed E-state index contributed by atoms with van der Waals surface area (Å²) < 4.78 is 12.7. The molecule has 0 atom stereocenters. The third kappa shape index (κ3) is 1.71. The van der Waals surface area contributed by atoms with Crippen LogP contribution in [0.25, 0.3) is 0 Å². The van der Waals surface area contributed by atoms with E-state index >= 15 is 0 Å². The first kappa shape index (κ1) is 8.07. The Kier molecular flexibility index (Phi) is 2.14. The molecule has 5 heteroatoms. The quantitative estimate of drug-likeness (QED) is 0.606. The van der Waals surface area contributed by atoms with E-state index in [1.807, 2.05) is 0 Å². The molecule has 11 heavy (non-hydrogen) atoms. The highest BCUT2D eigenvalue weighted by molar-refractivity contribution is 6.29. The Balaban J connectivity index is 3.20. The van der Waals surface area contributed by atoms with Gasteiger partial charge in [-0.3, -0.25) is 4.79 Å². The van der Waals surface area contributed by atoms with Gasteiger partial charge in [0.2, 0.25) is 0 Å². The van der Waals surface area contributed by atoms with Crippen molar-refractivity contribution in [1.29, 1.82) is 0 Å². The zero-order valence-corrected chi connectivity index (χ0v) is 6.39. The van der Waals surface area contributed by atoms with Crippen LogP contribution in [0.2, 0.25) is 5.15 Å². The molecule has 1 rings (SSSR count). The van der Waals surface area contributed by atoms with Crippen molar-refractivity contribution in [1.82, 2.24) is 10.2 Å². The number of hydrogen-bond donors (Lipinski definition) is 0. The summed E-state index contributed by atoms with van der Waals surface area (Å²) >= 11 is 5.30. The monoisotopic (exact) mass is 174 g/mol. The number of rotatable bonds is 1. The van der Waals surface area contributed by atoms with Gasteiger partial charge in [0.1, 0.15) is 0 Å². The minimum atomic E-state index is -0.738. The number of carbonyl (C=O) groups excluding carboxylic acids is 1. The van der Waals surface area contributed by atoms with Gasteiger partial charge < -0.3 is 0 Å². The van der Waals surface area contributed by atoms with Crippen LogP contribution in [-0.2, 0) is 0 Å². The van der Waals surface area contributed by atoms with Gasteiger partial charge in [0.25, 0.3) is 0 Å². The fraction of sp³-hybridized carbons (Fsp3) is 0.167. The van der Waals surface area contributed by atoms with Gasteiger partial charge in [0.15, 0.2) is 22.4 Å². The third-order valence-electron chi connectivity index (χ3n) is 1.05. The van der Waals surface area contributed by atoms with Crippen LogP contribution in [0.3, 0.4) is 0 Å². The van der Waals surface area contributed by atoms with Gasteiger partial charge in [-0.1, -0.05) is 11.6 Å². The van der Waals surface area contributed by atoms with E-state index in [2.05, 4.69) is 10.2 Å². The van der Waals surface area contributed by atoms with Gasteiger partial charge in [-0.2, -0.15) is 0 Å². The van der Waals surface area contributed by atoms with E-state index in [-0.39, 0.29) is 10.8 Å². The van der Waals surface area contributed by atoms with Crippen LogP contribution >= 0.6 is 11.6 Å². The Labute approximate surface area is 67.2 Å². The summed E-state index contributed by atoms with van der Waals surface area (Å²) in [5.41, 5.74) is -0.283. The van der Waals surface area contributed by atoms with Crippen molar-refractivity contribution in [2.24, 2.45) is 0 Å². The molecule has 0 aliphatic rings. The molecular formula is C6H4ClFN2O. The second kappa shape index (κ2) is 2.92. The Hall–Kier alpha value is -1.03. The molecule has 0 amide bonds. The zero-order valence-electron chi connectivity index (χ0n) is 5.64. The maximum atomic E-state index is 12.7. The molecule has 0 aromatic carbocycles. The van der Waals surface area contributed by atoms with E-state index in [1.54, 1.807) is 0 Å². The van der Waals surface area contributed by atoms with Crippen molar-refractivity contribution in [2.45, 2.75) is 6.92 Å². The molecule has 0 unspecified atom stereocenters. The topological polar surface area (TPSA) is 42.9 Å². The normalized spacial score (nSPS) is 9.73. The Morgan fingerprint density at radius 1 is 1.64 bits per heavy atom. The van der Waals surface area contributed by atoms with Crippen molar-refractivity contribution < 1.29 is 9.18 Å². The summed E-state index contributed by atoms with van der Waals surface area (Å²) in [5, 5.41) is 6.52. The molecule has 0 bridgehead atoms. The van der Waals surface area contributed by atoms with E-state index in [4.69, 9.17) is 11.6 Å². The Morgan fingerprint density at radius 2 is 2.27 bits per heavy atom. The molecule has 58 valence electrons. The summed E-state index contributed by atoms with van der Waals surface area (Å²) in [6.07, 6.45) is 0. The first-order valence-electron chi connectivity index (χ1n) is 2.81. The van der Waals surface area contributed by atoms with Crippen molar-refractivity contribution in [2.75, 3.05) is 0 Å². The lowest BCUT2D eigenvalue weighted by molar-refractivity contribution is 0.100. The van der Waals surface area contributed by atoms with E-state index in [9.17, 15) is 9.18 Å². The smallest absolute Gasteiger partial charge is 0.183 e. The molecule has 0 radical (unpaired) electrons. The van der Waals surface area contributed by atoms with Gasteiger partial charge >= 0.3 is 0 Å². The van der Waals surface area contributed by atoms with Crippen molar-refractivity contribution >= 4 is 17.4 Å². The van der Waals surface area contributed by atoms with Crippen LogP contribution in [0.4, 0.5) is 4.39 Å². The summed E-state index contributed by atoms with van der Waals surface area (Å²) in [7, 11) is 0. The highest BCUT2D eigenvalue weighted by atomic mass is 35.5. The lowest BCUT2D eigenvalue weighted by atomic mass is 10.3. The summed E-state index contributed by atoms with van der Waals surface area (Å²) in [4.78, 5) is 10.6. The predicted molar refractivity (Wildman–Crippen MR) is 37.0 cm³/mol. The number of nitrogens with zero attached hydrogens (tertiary/aromatic N) is 2. The van der Waals surface area contributed by atoms with Crippen LogP contribution in [-0.4, -0.2) is 16.0 Å². The highest BCUT2D eigenvalue weighted by Gasteiger charge is 2.09. The number of halogens is 2. The molecule has 1 heterocycles. The van der Waals surface area contributed by atoms with Crippen molar-refractivity contribution in [3.63, 3.8) is 0 Å². The lowest BCUT2D eigenvalue weighted by Gasteiger charge is -1.94. The number of hydrogen-bond acceptors (Lipinski definition) is 3. The lowest BCUT2D eigenvalue weighted by Crippen LogP contribution is -2.02. The molecule has 1 aromatic rings. The number of carbonyl (C=O) groups is 1. The van der Waals surface area contributed by atoms with Crippen molar-refractivity contribution in [3.05, 3.63) is 22.7 Å². The molecule has 1 aromatic heterocycles. The second-order valence-electron chi connectivity index (χ2n) is 1.92. The van der Waals surface area contributed by atoms with Crippen LogP contribution in [0.15, 0.2) is 6.07 Å². The van der Waals surface area contributed by atoms with Crippen molar-refractivity contribution in [3.8, 4) is 0 Å². The second-order valence-corrected chi connectivity index (χ2v) is 2.31. The van der Waals surface area contributed by atoms with Gasteiger partial charge in [-0.15, -0.1) is 10.2 Å². The third-order valence-corrected chi connectivity index (χ3v) is 1.24. The average Bonchev–Trinajstić information content (AvgIpc) is 1.85. The Bertz CT molecular complexity index is 303. The highest BCUT2D eigenvalue weighted by Crippen LogP contribution is 2.08. The van der Waals surface area contributed by atoms with Gasteiger partial charge in [0, 0.05) is 13.0 Å². The largest absolute Gasteiger partial charge is 0.293 e.